The van der Waals surface area contributed by atoms with Crippen LogP contribution in [0.15, 0.2) is 18.2 Å². The zero-order valence-corrected chi connectivity index (χ0v) is 11.8. The predicted octanol–water partition coefficient (Wildman–Crippen LogP) is 3.81. The Morgan fingerprint density at radius 3 is 3.00 bits per heavy atom. The fraction of sp³-hybridized carbons (Fsp3) is 0.600. The first kappa shape index (κ1) is 13.7. The van der Waals surface area contributed by atoms with Gasteiger partial charge in [-0.1, -0.05) is 11.6 Å². The molecule has 1 fully saturated rings. The smallest absolute Gasteiger partial charge is 0.119 e. The SMILES string of the molecule is Cc1cc(OCCCCC2CCNC2)ccc1Cl. The van der Waals surface area contributed by atoms with E-state index in [2.05, 4.69) is 5.32 Å². The average molecular weight is 268 g/mol. The lowest BCUT2D eigenvalue weighted by Crippen LogP contribution is -2.09. The molecule has 1 aromatic carbocycles. The predicted molar refractivity (Wildman–Crippen MR) is 76.5 cm³/mol. The highest BCUT2D eigenvalue weighted by Gasteiger charge is 2.13. The van der Waals surface area contributed by atoms with Crippen molar-refractivity contribution in [2.75, 3.05) is 19.7 Å². The summed E-state index contributed by atoms with van der Waals surface area (Å²) in [4.78, 5) is 0. The van der Waals surface area contributed by atoms with E-state index in [9.17, 15) is 0 Å². The lowest BCUT2D eigenvalue weighted by molar-refractivity contribution is 0.300. The molecule has 1 heterocycles. The largest absolute Gasteiger partial charge is 0.494 e. The molecule has 1 aliphatic heterocycles. The van der Waals surface area contributed by atoms with Gasteiger partial charge in [-0.05, 0) is 75.4 Å². The van der Waals surface area contributed by atoms with Crippen LogP contribution in [0.4, 0.5) is 0 Å². The van der Waals surface area contributed by atoms with Crippen LogP contribution in [-0.4, -0.2) is 19.7 Å². The molecular weight excluding hydrogens is 246 g/mol. The first-order valence-electron chi connectivity index (χ1n) is 6.85. The van der Waals surface area contributed by atoms with Gasteiger partial charge in [0.25, 0.3) is 0 Å². The summed E-state index contributed by atoms with van der Waals surface area (Å²) in [6.45, 7) is 5.21. The van der Waals surface area contributed by atoms with Gasteiger partial charge in [-0.15, -0.1) is 0 Å². The zero-order chi connectivity index (χ0) is 12.8. The van der Waals surface area contributed by atoms with E-state index in [1.165, 1.54) is 32.4 Å². The van der Waals surface area contributed by atoms with Crippen molar-refractivity contribution in [1.29, 1.82) is 0 Å². The second-order valence-corrected chi connectivity index (χ2v) is 5.52. The third-order valence-electron chi connectivity index (χ3n) is 3.57. The van der Waals surface area contributed by atoms with Crippen molar-refractivity contribution in [2.45, 2.75) is 32.6 Å². The van der Waals surface area contributed by atoms with Gasteiger partial charge >= 0.3 is 0 Å². The fourth-order valence-electron chi connectivity index (χ4n) is 2.39. The maximum atomic E-state index is 5.98. The van der Waals surface area contributed by atoms with Gasteiger partial charge < -0.3 is 10.1 Å². The Morgan fingerprint density at radius 1 is 1.39 bits per heavy atom. The van der Waals surface area contributed by atoms with Gasteiger partial charge in [0.1, 0.15) is 5.75 Å². The van der Waals surface area contributed by atoms with E-state index in [1.54, 1.807) is 0 Å². The molecule has 0 spiro atoms. The van der Waals surface area contributed by atoms with Gasteiger partial charge in [0.2, 0.25) is 0 Å². The number of hydrogen-bond acceptors (Lipinski definition) is 2. The third-order valence-corrected chi connectivity index (χ3v) is 3.99. The molecule has 0 aliphatic carbocycles. The number of rotatable bonds is 6. The van der Waals surface area contributed by atoms with Crippen LogP contribution in [0, 0.1) is 12.8 Å². The average Bonchev–Trinajstić information content (AvgIpc) is 2.86. The second-order valence-electron chi connectivity index (χ2n) is 5.11. The number of benzene rings is 1. The molecule has 0 amide bonds. The van der Waals surface area contributed by atoms with Crippen molar-refractivity contribution >= 4 is 11.6 Å². The van der Waals surface area contributed by atoms with Gasteiger partial charge in [0, 0.05) is 5.02 Å². The van der Waals surface area contributed by atoms with E-state index in [4.69, 9.17) is 16.3 Å². The van der Waals surface area contributed by atoms with Gasteiger partial charge in [-0.3, -0.25) is 0 Å². The number of halogens is 1. The first-order valence-corrected chi connectivity index (χ1v) is 7.23. The van der Waals surface area contributed by atoms with Gasteiger partial charge in [-0.25, -0.2) is 0 Å². The van der Waals surface area contributed by atoms with E-state index in [0.29, 0.717) is 0 Å². The standard InChI is InChI=1S/C15H22ClNO/c1-12-10-14(5-6-15(12)16)18-9-3-2-4-13-7-8-17-11-13/h5-6,10,13,17H,2-4,7-9,11H2,1H3. The molecule has 1 N–H and O–H groups in total. The Hall–Kier alpha value is -0.730. The summed E-state index contributed by atoms with van der Waals surface area (Å²) in [6.07, 6.45) is 5.07. The number of aryl methyl sites for hydroxylation is 1. The molecule has 1 aromatic rings. The quantitative estimate of drug-likeness (QED) is 0.792. The van der Waals surface area contributed by atoms with Crippen molar-refractivity contribution < 1.29 is 4.74 Å². The topological polar surface area (TPSA) is 21.3 Å². The summed E-state index contributed by atoms with van der Waals surface area (Å²) in [5.41, 5.74) is 1.08. The number of unbranched alkanes of at least 4 members (excludes halogenated alkanes) is 1. The molecular formula is C15H22ClNO. The second kappa shape index (κ2) is 7.01. The van der Waals surface area contributed by atoms with Crippen LogP contribution >= 0.6 is 11.6 Å². The van der Waals surface area contributed by atoms with E-state index in [1.807, 2.05) is 25.1 Å². The fourth-order valence-corrected chi connectivity index (χ4v) is 2.51. The molecule has 0 radical (unpaired) electrons. The maximum Gasteiger partial charge on any atom is 0.119 e. The highest BCUT2D eigenvalue weighted by atomic mass is 35.5. The normalized spacial score (nSPS) is 19.1. The minimum Gasteiger partial charge on any atom is -0.494 e. The van der Waals surface area contributed by atoms with Crippen molar-refractivity contribution in [3.8, 4) is 5.75 Å². The Labute approximate surface area is 115 Å². The molecule has 1 unspecified atom stereocenters. The lowest BCUT2D eigenvalue weighted by atomic mass is 10.0. The van der Waals surface area contributed by atoms with Crippen LogP contribution < -0.4 is 10.1 Å². The minimum atomic E-state index is 0.802. The van der Waals surface area contributed by atoms with Crippen LogP contribution in [0.5, 0.6) is 5.75 Å². The Balaban J connectivity index is 1.61. The molecule has 18 heavy (non-hydrogen) atoms. The summed E-state index contributed by atoms with van der Waals surface area (Å²) in [6, 6.07) is 5.84. The van der Waals surface area contributed by atoms with E-state index in [-0.39, 0.29) is 0 Å². The number of nitrogens with one attached hydrogen (secondary N) is 1. The van der Waals surface area contributed by atoms with Gasteiger partial charge in [0.15, 0.2) is 0 Å². The molecule has 1 aliphatic rings. The summed E-state index contributed by atoms with van der Waals surface area (Å²) < 4.78 is 5.73. The summed E-state index contributed by atoms with van der Waals surface area (Å²) in [5.74, 6) is 1.82. The van der Waals surface area contributed by atoms with Crippen molar-refractivity contribution in [3.63, 3.8) is 0 Å². The van der Waals surface area contributed by atoms with Crippen molar-refractivity contribution in [2.24, 2.45) is 5.92 Å². The highest BCUT2D eigenvalue weighted by Crippen LogP contribution is 2.21. The minimum absolute atomic E-state index is 0.802. The Kier molecular flexibility index (Phi) is 5.33. The van der Waals surface area contributed by atoms with Gasteiger partial charge in [-0.2, -0.15) is 0 Å². The molecule has 1 saturated heterocycles. The Bertz CT molecular complexity index is 375. The van der Waals surface area contributed by atoms with Crippen molar-refractivity contribution in [1.82, 2.24) is 5.32 Å². The molecule has 0 saturated carbocycles. The summed E-state index contributed by atoms with van der Waals surface area (Å²) >= 11 is 5.98. The van der Waals surface area contributed by atoms with E-state index in [0.717, 1.165) is 35.3 Å². The highest BCUT2D eigenvalue weighted by molar-refractivity contribution is 6.31. The molecule has 1 atom stereocenters. The first-order chi connectivity index (χ1) is 8.75. The molecule has 2 rings (SSSR count). The Morgan fingerprint density at radius 2 is 2.28 bits per heavy atom. The van der Waals surface area contributed by atoms with Crippen LogP contribution in [0.1, 0.15) is 31.2 Å². The lowest BCUT2D eigenvalue weighted by Gasteiger charge is -2.09. The maximum absolute atomic E-state index is 5.98. The molecule has 100 valence electrons. The zero-order valence-electron chi connectivity index (χ0n) is 11.0. The van der Waals surface area contributed by atoms with Crippen LogP contribution in [0.3, 0.4) is 0 Å². The van der Waals surface area contributed by atoms with Crippen molar-refractivity contribution in [3.05, 3.63) is 28.8 Å². The van der Waals surface area contributed by atoms with E-state index >= 15 is 0 Å². The number of ether oxygens (including phenoxy) is 1. The van der Waals surface area contributed by atoms with Crippen LogP contribution in [0.2, 0.25) is 5.02 Å². The molecule has 3 heteroatoms. The monoisotopic (exact) mass is 267 g/mol. The number of hydrogen-bond donors (Lipinski definition) is 1. The van der Waals surface area contributed by atoms with Gasteiger partial charge in [0.05, 0.1) is 6.61 Å². The van der Waals surface area contributed by atoms with Crippen LogP contribution in [0.25, 0.3) is 0 Å². The third kappa shape index (κ3) is 4.18. The summed E-state index contributed by atoms with van der Waals surface area (Å²) in [7, 11) is 0. The molecule has 2 nitrogen and oxygen atoms in total. The summed E-state index contributed by atoms with van der Waals surface area (Å²) in [5, 5.41) is 4.21. The van der Waals surface area contributed by atoms with Crippen LogP contribution in [-0.2, 0) is 0 Å². The molecule has 0 aromatic heterocycles. The van der Waals surface area contributed by atoms with E-state index < -0.39 is 0 Å². The molecule has 0 bridgehead atoms.